The van der Waals surface area contributed by atoms with E-state index >= 15 is 0 Å². The van der Waals surface area contributed by atoms with E-state index in [0.717, 1.165) is 29.2 Å². The molecule has 0 saturated carbocycles. The molecule has 106 valence electrons. The number of benzene rings is 1. The summed E-state index contributed by atoms with van der Waals surface area (Å²) in [5.74, 6) is 0.666. The summed E-state index contributed by atoms with van der Waals surface area (Å²) in [5, 5.41) is 6.39. The van der Waals surface area contributed by atoms with Gasteiger partial charge in [-0.1, -0.05) is 30.3 Å². The molecule has 3 aromatic rings. The second-order valence-corrected chi connectivity index (χ2v) is 5.63. The summed E-state index contributed by atoms with van der Waals surface area (Å²) in [6.07, 6.45) is 4.48. The van der Waals surface area contributed by atoms with Crippen LogP contribution in [0.3, 0.4) is 0 Å². The molecule has 2 aromatic heterocycles. The molecule has 0 amide bonds. The van der Waals surface area contributed by atoms with Crippen LogP contribution in [0.4, 0.5) is 5.95 Å². The Hall–Kier alpha value is -2.27. The van der Waals surface area contributed by atoms with Gasteiger partial charge >= 0.3 is 0 Å². The van der Waals surface area contributed by atoms with Gasteiger partial charge in [0.15, 0.2) is 0 Å². The van der Waals surface area contributed by atoms with Crippen LogP contribution in [0.15, 0.2) is 48.1 Å². The predicted octanol–water partition coefficient (Wildman–Crippen LogP) is 3.56. The molecular weight excluding hydrogens is 280 g/mol. The van der Waals surface area contributed by atoms with E-state index in [1.54, 1.807) is 11.3 Å². The lowest BCUT2D eigenvalue weighted by molar-refractivity contribution is 0.951. The van der Waals surface area contributed by atoms with Crippen LogP contribution in [-0.2, 0) is 6.42 Å². The topological polar surface area (TPSA) is 50.7 Å². The quantitative estimate of drug-likeness (QED) is 0.782. The summed E-state index contributed by atoms with van der Waals surface area (Å²) in [4.78, 5) is 13.1. The lowest BCUT2D eigenvalue weighted by atomic mass is 10.2. The fourth-order valence-corrected chi connectivity index (χ4v) is 2.78. The first kappa shape index (κ1) is 13.7. The van der Waals surface area contributed by atoms with Gasteiger partial charge in [-0.15, -0.1) is 11.3 Å². The highest BCUT2D eigenvalue weighted by molar-refractivity contribution is 7.13. The molecule has 0 atom stereocenters. The second-order valence-electron chi connectivity index (χ2n) is 4.77. The molecule has 3 rings (SSSR count). The first-order chi connectivity index (χ1) is 10.3. The normalized spacial score (nSPS) is 10.5. The molecule has 0 aliphatic heterocycles. The average molecular weight is 296 g/mol. The van der Waals surface area contributed by atoms with Crippen LogP contribution in [-0.4, -0.2) is 21.5 Å². The molecule has 2 heterocycles. The van der Waals surface area contributed by atoms with Gasteiger partial charge in [-0.05, 0) is 12.5 Å². The van der Waals surface area contributed by atoms with E-state index in [-0.39, 0.29) is 0 Å². The van der Waals surface area contributed by atoms with Gasteiger partial charge in [0.1, 0.15) is 5.01 Å². The molecule has 1 aromatic carbocycles. The maximum Gasteiger partial charge on any atom is 0.222 e. The van der Waals surface area contributed by atoms with Gasteiger partial charge in [0.25, 0.3) is 0 Å². The number of aryl methyl sites for hydroxylation is 1. The third kappa shape index (κ3) is 3.64. The summed E-state index contributed by atoms with van der Waals surface area (Å²) in [5.41, 5.74) is 3.33. The van der Waals surface area contributed by atoms with Crippen LogP contribution >= 0.6 is 11.3 Å². The smallest absolute Gasteiger partial charge is 0.222 e. The molecule has 0 bridgehead atoms. The van der Waals surface area contributed by atoms with Crippen LogP contribution < -0.4 is 5.32 Å². The summed E-state index contributed by atoms with van der Waals surface area (Å²) in [6.45, 7) is 2.76. The highest BCUT2D eigenvalue weighted by Gasteiger charge is 2.04. The van der Waals surface area contributed by atoms with Gasteiger partial charge in [-0.25, -0.2) is 15.0 Å². The predicted molar refractivity (Wildman–Crippen MR) is 86.5 cm³/mol. The molecule has 1 N–H and O–H groups in total. The first-order valence-electron chi connectivity index (χ1n) is 6.83. The summed E-state index contributed by atoms with van der Waals surface area (Å²) in [6, 6.07) is 10.3. The van der Waals surface area contributed by atoms with Crippen LogP contribution in [0, 0.1) is 6.92 Å². The Balaban J connectivity index is 1.57. The fraction of sp³-hybridized carbons (Fsp3) is 0.188. The standard InChI is InChI=1S/C16H16N4S/c1-12-9-18-16(19-10-12)17-8-7-14-11-21-15(20-14)13-5-3-2-4-6-13/h2-6,9-11H,7-8H2,1H3,(H,17,18,19). The molecular formula is C16H16N4S. The lowest BCUT2D eigenvalue weighted by Crippen LogP contribution is -2.08. The highest BCUT2D eigenvalue weighted by atomic mass is 32.1. The monoisotopic (exact) mass is 296 g/mol. The van der Waals surface area contributed by atoms with Crippen molar-refractivity contribution in [2.45, 2.75) is 13.3 Å². The van der Waals surface area contributed by atoms with Gasteiger partial charge in [-0.2, -0.15) is 0 Å². The van der Waals surface area contributed by atoms with E-state index < -0.39 is 0 Å². The molecule has 0 aliphatic carbocycles. The number of aromatic nitrogens is 3. The molecule has 0 unspecified atom stereocenters. The Kier molecular flexibility index (Phi) is 4.21. The Bertz CT molecular complexity index is 692. The molecule has 0 saturated heterocycles. The van der Waals surface area contributed by atoms with Gasteiger partial charge in [-0.3, -0.25) is 0 Å². The maximum absolute atomic E-state index is 4.66. The number of nitrogens with zero attached hydrogens (tertiary/aromatic N) is 3. The average Bonchev–Trinajstić information content (AvgIpc) is 2.99. The van der Waals surface area contributed by atoms with E-state index in [1.165, 1.54) is 5.56 Å². The van der Waals surface area contributed by atoms with Crippen molar-refractivity contribution >= 4 is 17.3 Å². The second kappa shape index (κ2) is 6.45. The van der Waals surface area contributed by atoms with Crippen LogP contribution in [0.1, 0.15) is 11.3 Å². The molecule has 4 nitrogen and oxygen atoms in total. The Morgan fingerprint density at radius 1 is 1.10 bits per heavy atom. The number of anilines is 1. The summed E-state index contributed by atoms with van der Waals surface area (Å²) < 4.78 is 0. The van der Waals surface area contributed by atoms with Crippen molar-refractivity contribution in [1.29, 1.82) is 0 Å². The first-order valence-corrected chi connectivity index (χ1v) is 7.71. The third-order valence-corrected chi connectivity index (χ3v) is 3.96. The number of hydrogen-bond donors (Lipinski definition) is 1. The Morgan fingerprint density at radius 2 is 1.86 bits per heavy atom. The largest absolute Gasteiger partial charge is 0.354 e. The molecule has 0 spiro atoms. The van der Waals surface area contributed by atoms with Crippen molar-refractivity contribution in [2.24, 2.45) is 0 Å². The van der Waals surface area contributed by atoms with Gasteiger partial charge < -0.3 is 5.32 Å². The zero-order chi connectivity index (χ0) is 14.5. The Labute approximate surface area is 127 Å². The van der Waals surface area contributed by atoms with Crippen molar-refractivity contribution in [1.82, 2.24) is 15.0 Å². The van der Waals surface area contributed by atoms with E-state index in [2.05, 4.69) is 37.8 Å². The fourth-order valence-electron chi connectivity index (χ4n) is 1.92. The van der Waals surface area contributed by atoms with Crippen LogP contribution in [0.5, 0.6) is 0 Å². The summed E-state index contributed by atoms with van der Waals surface area (Å²) in [7, 11) is 0. The number of nitrogens with one attached hydrogen (secondary N) is 1. The van der Waals surface area contributed by atoms with Gasteiger partial charge in [0.05, 0.1) is 5.69 Å². The van der Waals surface area contributed by atoms with Crippen molar-refractivity contribution in [3.63, 3.8) is 0 Å². The SMILES string of the molecule is Cc1cnc(NCCc2csc(-c3ccccc3)n2)nc1. The zero-order valence-corrected chi connectivity index (χ0v) is 12.6. The highest BCUT2D eigenvalue weighted by Crippen LogP contribution is 2.23. The minimum Gasteiger partial charge on any atom is -0.354 e. The lowest BCUT2D eigenvalue weighted by Gasteiger charge is -2.02. The van der Waals surface area contributed by atoms with Crippen molar-refractivity contribution < 1.29 is 0 Å². The van der Waals surface area contributed by atoms with E-state index in [9.17, 15) is 0 Å². The number of hydrogen-bond acceptors (Lipinski definition) is 5. The van der Waals surface area contributed by atoms with Crippen molar-refractivity contribution in [2.75, 3.05) is 11.9 Å². The van der Waals surface area contributed by atoms with E-state index in [4.69, 9.17) is 0 Å². The molecule has 0 aliphatic rings. The van der Waals surface area contributed by atoms with Gasteiger partial charge in [0, 0.05) is 36.3 Å². The molecule has 21 heavy (non-hydrogen) atoms. The number of thiazole rings is 1. The third-order valence-electron chi connectivity index (χ3n) is 3.02. The van der Waals surface area contributed by atoms with Crippen molar-refractivity contribution in [3.05, 3.63) is 59.4 Å². The van der Waals surface area contributed by atoms with E-state index in [0.29, 0.717) is 5.95 Å². The van der Waals surface area contributed by atoms with Crippen LogP contribution in [0.2, 0.25) is 0 Å². The maximum atomic E-state index is 4.66. The molecule has 5 heteroatoms. The molecule has 0 fully saturated rings. The van der Waals surface area contributed by atoms with Crippen LogP contribution in [0.25, 0.3) is 10.6 Å². The van der Waals surface area contributed by atoms with Gasteiger partial charge in [0.2, 0.25) is 5.95 Å². The Morgan fingerprint density at radius 3 is 2.62 bits per heavy atom. The zero-order valence-electron chi connectivity index (χ0n) is 11.8. The van der Waals surface area contributed by atoms with Crippen molar-refractivity contribution in [3.8, 4) is 10.6 Å². The molecule has 0 radical (unpaired) electrons. The summed E-state index contributed by atoms with van der Waals surface area (Å²) >= 11 is 1.68. The minimum atomic E-state index is 0.666. The van der Waals surface area contributed by atoms with E-state index in [1.807, 2.05) is 37.5 Å². The minimum absolute atomic E-state index is 0.666. The number of rotatable bonds is 5.